The topological polar surface area (TPSA) is 90.8 Å². The van der Waals surface area contributed by atoms with Crippen LogP contribution in [-0.2, 0) is 24.0 Å². The number of aromatic nitrogens is 6. The Morgan fingerprint density at radius 3 is 2.71 bits per heavy atom. The van der Waals surface area contributed by atoms with Gasteiger partial charge in [-0.1, -0.05) is 13.0 Å². The van der Waals surface area contributed by atoms with Crippen LogP contribution in [0.15, 0.2) is 53.9 Å². The molecule has 0 aliphatic carbocycles. The predicted octanol–water partition coefficient (Wildman–Crippen LogP) is 2.79. The molecule has 0 saturated carbocycles. The molecule has 0 saturated heterocycles. The van der Waals surface area contributed by atoms with Crippen LogP contribution in [0.4, 0.5) is 13.2 Å². The first-order valence-electron chi connectivity index (χ1n) is 9.35. The van der Waals surface area contributed by atoms with Crippen LogP contribution in [0, 0.1) is 0 Å². The van der Waals surface area contributed by atoms with Gasteiger partial charge in [-0.3, -0.25) is 14.2 Å². The van der Waals surface area contributed by atoms with Crippen LogP contribution in [0.2, 0.25) is 0 Å². The van der Waals surface area contributed by atoms with Crippen molar-refractivity contribution in [2.75, 3.05) is 5.75 Å². The first kappa shape index (κ1) is 21.1. The van der Waals surface area contributed by atoms with E-state index in [-0.39, 0.29) is 11.5 Å². The number of nitrogens with zero attached hydrogens (tertiary/aromatic N) is 7. The van der Waals surface area contributed by atoms with Gasteiger partial charge in [0.15, 0.2) is 11.6 Å². The smallest absolute Gasteiger partial charge is 0.311 e. The second-order valence-electron chi connectivity index (χ2n) is 6.74. The Morgan fingerprint density at radius 2 is 2.03 bits per heavy atom. The first-order chi connectivity index (χ1) is 14.8. The molecule has 0 radical (unpaired) electrons. The van der Waals surface area contributed by atoms with Crippen LogP contribution < -0.4 is 0 Å². The van der Waals surface area contributed by atoms with Gasteiger partial charge in [-0.05, 0) is 24.3 Å². The highest BCUT2D eigenvalue weighted by Gasteiger charge is 2.34. The van der Waals surface area contributed by atoms with Crippen LogP contribution in [-0.4, -0.2) is 50.6 Å². The van der Waals surface area contributed by atoms with Crippen LogP contribution in [0.5, 0.6) is 0 Å². The third kappa shape index (κ3) is 4.07. The molecule has 8 nitrogen and oxygen atoms in total. The average Bonchev–Trinajstić information content (AvgIpc) is 3.42. The van der Waals surface area contributed by atoms with Crippen molar-refractivity contribution in [3.8, 4) is 11.5 Å². The number of rotatable bonds is 4. The Balaban J connectivity index is 1.77. The molecule has 0 spiro atoms. The minimum atomic E-state index is -4.50. The summed E-state index contributed by atoms with van der Waals surface area (Å²) < 4.78 is 55.1. The second kappa shape index (κ2) is 8.17. The lowest BCUT2D eigenvalue weighted by atomic mass is 10.1. The van der Waals surface area contributed by atoms with Crippen molar-refractivity contribution < 1.29 is 17.4 Å². The van der Waals surface area contributed by atoms with E-state index in [4.69, 9.17) is 0 Å². The van der Waals surface area contributed by atoms with Gasteiger partial charge in [-0.15, -0.1) is 10.2 Å². The molecule has 162 valence electrons. The van der Waals surface area contributed by atoms with Crippen molar-refractivity contribution in [1.29, 1.82) is 0 Å². The zero-order valence-corrected chi connectivity index (χ0v) is 17.4. The van der Waals surface area contributed by atoms with Crippen molar-refractivity contribution in [2.24, 2.45) is 12.0 Å². The van der Waals surface area contributed by atoms with Crippen LogP contribution in [0.3, 0.4) is 0 Å². The van der Waals surface area contributed by atoms with Gasteiger partial charge < -0.3 is 4.57 Å². The molecule has 0 aromatic carbocycles. The monoisotopic (exact) mass is 449 g/mol. The number of halogens is 3. The molecule has 0 fully saturated rings. The SMILES string of the molecule is CCS(=O)C1C=CC(n2cccn2)=NC1c1nnc(-c2cc(C(F)(F)F)ccn2)n1C. The second-order valence-corrected chi connectivity index (χ2v) is 8.63. The van der Waals surface area contributed by atoms with Crippen molar-refractivity contribution in [3.63, 3.8) is 0 Å². The van der Waals surface area contributed by atoms with Gasteiger partial charge in [0.1, 0.15) is 17.6 Å². The molecule has 4 rings (SSSR count). The summed E-state index contributed by atoms with van der Waals surface area (Å²) in [6, 6.07) is 2.92. The van der Waals surface area contributed by atoms with E-state index in [1.165, 1.54) is 4.57 Å². The summed E-state index contributed by atoms with van der Waals surface area (Å²) in [7, 11) is 0.391. The van der Waals surface area contributed by atoms with Gasteiger partial charge in [-0.25, -0.2) is 4.68 Å². The van der Waals surface area contributed by atoms with Crippen LogP contribution in [0.25, 0.3) is 11.5 Å². The number of dihydropyridines is 1. The Hall–Kier alpha value is -3.15. The fourth-order valence-electron chi connectivity index (χ4n) is 3.26. The van der Waals surface area contributed by atoms with E-state index in [9.17, 15) is 17.4 Å². The maximum atomic E-state index is 13.1. The Kier molecular flexibility index (Phi) is 5.56. The standard InChI is InChI=1S/C19H18F3N7OS/c1-3-31(30)14-5-6-15(29-10-4-8-24-29)25-16(14)18-27-26-17(28(18)2)13-11-12(7-9-23-13)19(20,21)22/h4-11,14,16H,3H2,1-2H3. The lowest BCUT2D eigenvalue weighted by molar-refractivity contribution is -0.137. The highest BCUT2D eigenvalue weighted by atomic mass is 32.2. The normalized spacial score (nSPS) is 20.0. The van der Waals surface area contributed by atoms with Gasteiger partial charge in [0.2, 0.25) is 0 Å². The molecule has 0 bridgehead atoms. The van der Waals surface area contributed by atoms with Gasteiger partial charge in [-0.2, -0.15) is 18.3 Å². The number of aliphatic imine (C=N–C) groups is 1. The molecule has 1 aliphatic rings. The lowest BCUT2D eigenvalue weighted by Gasteiger charge is -2.24. The minimum Gasteiger partial charge on any atom is -0.311 e. The van der Waals surface area contributed by atoms with Crippen molar-refractivity contribution in [1.82, 2.24) is 29.5 Å². The number of pyridine rings is 1. The molecule has 1 aliphatic heterocycles. The van der Waals surface area contributed by atoms with Crippen LogP contribution in [0.1, 0.15) is 24.4 Å². The van der Waals surface area contributed by atoms with Crippen molar-refractivity contribution >= 4 is 16.6 Å². The molecular weight excluding hydrogens is 431 g/mol. The van der Waals surface area contributed by atoms with Crippen molar-refractivity contribution in [2.45, 2.75) is 24.4 Å². The third-order valence-electron chi connectivity index (χ3n) is 4.83. The van der Waals surface area contributed by atoms with Gasteiger partial charge in [0.05, 0.1) is 10.8 Å². The Labute approximate surface area is 178 Å². The molecule has 0 amide bonds. The van der Waals surface area contributed by atoms with E-state index in [2.05, 4.69) is 25.3 Å². The fraction of sp³-hybridized carbons (Fsp3) is 0.316. The summed E-state index contributed by atoms with van der Waals surface area (Å²) in [5, 5.41) is 11.9. The summed E-state index contributed by atoms with van der Waals surface area (Å²) in [6.07, 6.45) is 3.46. The molecule has 3 unspecified atom stereocenters. The van der Waals surface area contributed by atoms with Crippen LogP contribution >= 0.6 is 0 Å². The summed E-state index contributed by atoms with van der Waals surface area (Å²) in [5.41, 5.74) is -0.793. The van der Waals surface area contributed by atoms with E-state index < -0.39 is 33.8 Å². The van der Waals surface area contributed by atoms with Gasteiger partial charge in [0.25, 0.3) is 0 Å². The van der Waals surface area contributed by atoms with Gasteiger partial charge >= 0.3 is 6.18 Å². The molecule has 12 heteroatoms. The molecule has 4 heterocycles. The molecule has 3 aromatic heterocycles. The minimum absolute atomic E-state index is 0.0341. The average molecular weight is 449 g/mol. The van der Waals surface area contributed by atoms with Gasteiger partial charge in [0, 0.05) is 42.2 Å². The van der Waals surface area contributed by atoms with E-state index in [0.717, 1.165) is 18.3 Å². The summed E-state index contributed by atoms with van der Waals surface area (Å²) in [4.78, 5) is 8.70. The predicted molar refractivity (Wildman–Crippen MR) is 109 cm³/mol. The quantitative estimate of drug-likeness (QED) is 0.611. The Bertz CT molecular complexity index is 1170. The fourth-order valence-corrected chi connectivity index (χ4v) is 4.37. The maximum absolute atomic E-state index is 13.1. The summed E-state index contributed by atoms with van der Waals surface area (Å²) >= 11 is 0. The molecular formula is C19H18F3N7OS. The highest BCUT2D eigenvalue weighted by Crippen LogP contribution is 2.33. The first-order valence-corrected chi connectivity index (χ1v) is 10.7. The zero-order chi connectivity index (χ0) is 22.2. The number of allylic oxidation sites excluding steroid dienone is 1. The third-order valence-corrected chi connectivity index (χ3v) is 6.43. The highest BCUT2D eigenvalue weighted by molar-refractivity contribution is 7.85. The number of hydrogen-bond acceptors (Lipinski definition) is 6. The summed E-state index contributed by atoms with van der Waals surface area (Å²) in [6.45, 7) is 1.81. The number of alkyl halides is 3. The largest absolute Gasteiger partial charge is 0.416 e. The Morgan fingerprint density at radius 1 is 1.23 bits per heavy atom. The molecule has 3 aromatic rings. The lowest BCUT2D eigenvalue weighted by Crippen LogP contribution is -2.29. The maximum Gasteiger partial charge on any atom is 0.416 e. The van der Waals surface area contributed by atoms with E-state index in [0.29, 0.717) is 17.4 Å². The molecule has 0 N–H and O–H groups in total. The molecule has 3 atom stereocenters. The summed E-state index contributed by atoms with van der Waals surface area (Å²) in [5.74, 6) is 1.47. The van der Waals surface area contributed by atoms with E-state index in [1.54, 1.807) is 42.3 Å². The number of hydrogen-bond donors (Lipinski definition) is 0. The van der Waals surface area contributed by atoms with Crippen molar-refractivity contribution in [3.05, 3.63) is 60.3 Å². The van der Waals surface area contributed by atoms with E-state index in [1.807, 2.05) is 6.92 Å². The molecule has 31 heavy (non-hydrogen) atoms. The van der Waals surface area contributed by atoms with E-state index >= 15 is 0 Å². The zero-order valence-electron chi connectivity index (χ0n) is 16.6.